The van der Waals surface area contributed by atoms with Crippen molar-refractivity contribution in [1.29, 1.82) is 0 Å². The Morgan fingerprint density at radius 2 is 1.95 bits per heavy atom. The molecule has 1 heterocycles. The number of hydrogen-bond donors (Lipinski definition) is 2. The molecule has 1 amide bonds. The molecule has 6 nitrogen and oxygen atoms in total. The molecule has 7 heteroatoms. The summed E-state index contributed by atoms with van der Waals surface area (Å²) in [4.78, 5) is 31.9. The monoisotopic (exact) mass is 327 g/mol. The molecule has 0 aromatic carbocycles. The van der Waals surface area contributed by atoms with Gasteiger partial charge in [0.15, 0.2) is 0 Å². The number of carboxylic acid groups (broad SMARTS) is 1. The van der Waals surface area contributed by atoms with E-state index in [9.17, 15) is 14.7 Å². The normalized spacial score (nSPS) is 11.5. The van der Waals surface area contributed by atoms with Gasteiger partial charge in [0.25, 0.3) is 5.91 Å². The quantitative estimate of drug-likeness (QED) is 0.803. The van der Waals surface area contributed by atoms with E-state index in [0.29, 0.717) is 18.7 Å². The van der Waals surface area contributed by atoms with Crippen LogP contribution in [-0.4, -0.2) is 33.5 Å². The Labute approximate surface area is 135 Å². The largest absolute Gasteiger partial charge is 0.481 e. The lowest BCUT2D eigenvalue weighted by molar-refractivity contribution is -0.149. The SMILES string of the molecule is CCC(CC)(CNC(=O)c1nc(C(C)C)ncc1Cl)C(=O)O. The summed E-state index contributed by atoms with van der Waals surface area (Å²) in [7, 11) is 0. The lowest BCUT2D eigenvalue weighted by Crippen LogP contribution is -2.42. The zero-order chi connectivity index (χ0) is 16.9. The number of hydrogen-bond acceptors (Lipinski definition) is 4. The van der Waals surface area contributed by atoms with Gasteiger partial charge in [-0.3, -0.25) is 9.59 Å². The molecule has 0 atom stereocenters. The minimum Gasteiger partial charge on any atom is -0.481 e. The molecule has 0 saturated heterocycles. The molecule has 0 aliphatic carbocycles. The van der Waals surface area contributed by atoms with E-state index in [0.717, 1.165) is 0 Å². The van der Waals surface area contributed by atoms with Crippen molar-refractivity contribution in [3.63, 3.8) is 0 Å². The van der Waals surface area contributed by atoms with Gasteiger partial charge in [0, 0.05) is 12.5 Å². The van der Waals surface area contributed by atoms with Crippen LogP contribution < -0.4 is 5.32 Å². The van der Waals surface area contributed by atoms with E-state index in [2.05, 4.69) is 15.3 Å². The molecule has 0 saturated carbocycles. The van der Waals surface area contributed by atoms with Gasteiger partial charge in [-0.25, -0.2) is 9.97 Å². The third kappa shape index (κ3) is 3.94. The van der Waals surface area contributed by atoms with E-state index >= 15 is 0 Å². The number of carbonyl (C=O) groups excluding carboxylic acids is 1. The predicted molar refractivity (Wildman–Crippen MR) is 84.1 cm³/mol. The number of nitrogens with zero attached hydrogens (tertiary/aromatic N) is 2. The number of aliphatic carboxylic acids is 1. The molecule has 1 aromatic heterocycles. The molecule has 0 bridgehead atoms. The lowest BCUT2D eigenvalue weighted by atomic mass is 9.82. The molecule has 22 heavy (non-hydrogen) atoms. The average Bonchev–Trinajstić information content (AvgIpc) is 2.48. The predicted octanol–water partition coefficient (Wildman–Crippen LogP) is 2.87. The van der Waals surface area contributed by atoms with Crippen LogP contribution in [-0.2, 0) is 4.79 Å². The van der Waals surface area contributed by atoms with Crippen LogP contribution in [0, 0.1) is 5.41 Å². The Hall–Kier alpha value is -1.69. The average molecular weight is 328 g/mol. The smallest absolute Gasteiger partial charge is 0.311 e. The molecule has 1 rings (SSSR count). The van der Waals surface area contributed by atoms with E-state index in [1.807, 2.05) is 13.8 Å². The van der Waals surface area contributed by atoms with Gasteiger partial charge in [0.1, 0.15) is 11.5 Å². The second-order valence-corrected chi connectivity index (χ2v) is 5.96. The Morgan fingerprint density at radius 3 is 2.41 bits per heavy atom. The zero-order valence-corrected chi connectivity index (χ0v) is 14.1. The molecule has 0 fully saturated rings. The van der Waals surface area contributed by atoms with Crippen molar-refractivity contribution in [3.05, 3.63) is 22.7 Å². The van der Waals surface area contributed by atoms with Crippen molar-refractivity contribution >= 4 is 23.5 Å². The highest BCUT2D eigenvalue weighted by molar-refractivity contribution is 6.33. The van der Waals surface area contributed by atoms with E-state index in [1.165, 1.54) is 6.20 Å². The summed E-state index contributed by atoms with van der Waals surface area (Å²) in [6, 6.07) is 0. The van der Waals surface area contributed by atoms with Gasteiger partial charge in [-0.2, -0.15) is 0 Å². The number of rotatable bonds is 7. The van der Waals surface area contributed by atoms with Crippen LogP contribution in [0.15, 0.2) is 6.20 Å². The summed E-state index contributed by atoms with van der Waals surface area (Å²) in [5.41, 5.74) is -0.900. The first-order valence-electron chi connectivity index (χ1n) is 7.31. The van der Waals surface area contributed by atoms with E-state index in [1.54, 1.807) is 13.8 Å². The lowest BCUT2D eigenvalue weighted by Gasteiger charge is -2.26. The summed E-state index contributed by atoms with van der Waals surface area (Å²) in [6.45, 7) is 7.44. The van der Waals surface area contributed by atoms with Gasteiger partial charge in [-0.05, 0) is 12.8 Å². The highest BCUT2D eigenvalue weighted by Crippen LogP contribution is 2.26. The number of carbonyl (C=O) groups is 2. The van der Waals surface area contributed by atoms with Gasteiger partial charge in [0.2, 0.25) is 0 Å². The summed E-state index contributed by atoms with van der Waals surface area (Å²) >= 11 is 5.97. The van der Waals surface area contributed by atoms with Crippen LogP contribution in [0.5, 0.6) is 0 Å². The second kappa shape index (κ2) is 7.54. The van der Waals surface area contributed by atoms with Crippen molar-refractivity contribution in [2.24, 2.45) is 5.41 Å². The minimum atomic E-state index is -0.976. The standard InChI is InChI=1S/C15H22ClN3O3/c1-5-15(6-2,14(21)22)8-18-13(20)11-10(16)7-17-12(19-11)9(3)4/h7,9H,5-6,8H2,1-4H3,(H,18,20)(H,21,22). The Bertz CT molecular complexity index is 557. The number of aromatic nitrogens is 2. The van der Waals surface area contributed by atoms with Crippen LogP contribution in [0.1, 0.15) is 62.8 Å². The molecule has 0 radical (unpaired) electrons. The van der Waals surface area contributed by atoms with Crippen molar-refractivity contribution < 1.29 is 14.7 Å². The van der Waals surface area contributed by atoms with Gasteiger partial charge in [0.05, 0.1) is 16.6 Å². The number of halogens is 1. The second-order valence-electron chi connectivity index (χ2n) is 5.55. The molecule has 1 aromatic rings. The summed E-state index contributed by atoms with van der Waals surface area (Å²) in [5.74, 6) is -0.825. The highest BCUT2D eigenvalue weighted by Gasteiger charge is 2.35. The molecule has 0 spiro atoms. The molecule has 0 unspecified atom stereocenters. The number of amides is 1. The Morgan fingerprint density at radius 1 is 1.36 bits per heavy atom. The van der Waals surface area contributed by atoms with Crippen molar-refractivity contribution in [2.45, 2.75) is 46.5 Å². The Balaban J connectivity index is 2.94. The molecule has 0 aliphatic heterocycles. The number of carboxylic acids is 1. The summed E-state index contributed by atoms with van der Waals surface area (Å²) in [5, 5.41) is 12.2. The first-order chi connectivity index (χ1) is 10.3. The minimum absolute atomic E-state index is 0.0332. The first kappa shape index (κ1) is 18.4. The maximum Gasteiger partial charge on any atom is 0.311 e. The Kier molecular flexibility index (Phi) is 6.29. The molecular formula is C15H22ClN3O3. The summed E-state index contributed by atoms with van der Waals surface area (Å²) in [6.07, 6.45) is 2.24. The maximum absolute atomic E-state index is 12.3. The van der Waals surface area contributed by atoms with Gasteiger partial charge >= 0.3 is 5.97 Å². The molecule has 122 valence electrons. The first-order valence-corrected chi connectivity index (χ1v) is 7.69. The van der Waals surface area contributed by atoms with Crippen LogP contribution in [0.3, 0.4) is 0 Å². The van der Waals surface area contributed by atoms with Gasteiger partial charge < -0.3 is 10.4 Å². The van der Waals surface area contributed by atoms with Crippen LogP contribution in [0.2, 0.25) is 5.02 Å². The van der Waals surface area contributed by atoms with Crippen molar-refractivity contribution in [2.75, 3.05) is 6.54 Å². The zero-order valence-electron chi connectivity index (χ0n) is 13.3. The van der Waals surface area contributed by atoms with E-state index in [4.69, 9.17) is 11.6 Å². The third-order valence-electron chi connectivity index (χ3n) is 3.89. The highest BCUT2D eigenvalue weighted by atomic mass is 35.5. The van der Waals surface area contributed by atoms with Crippen LogP contribution >= 0.6 is 11.6 Å². The number of nitrogens with one attached hydrogen (secondary N) is 1. The fraction of sp³-hybridized carbons (Fsp3) is 0.600. The van der Waals surface area contributed by atoms with Gasteiger partial charge in [-0.15, -0.1) is 0 Å². The molecular weight excluding hydrogens is 306 g/mol. The summed E-state index contributed by atoms with van der Waals surface area (Å²) < 4.78 is 0. The van der Waals surface area contributed by atoms with E-state index < -0.39 is 17.3 Å². The van der Waals surface area contributed by atoms with E-state index in [-0.39, 0.29) is 23.2 Å². The van der Waals surface area contributed by atoms with Crippen LogP contribution in [0.4, 0.5) is 0 Å². The molecule has 2 N–H and O–H groups in total. The van der Waals surface area contributed by atoms with Crippen molar-refractivity contribution in [1.82, 2.24) is 15.3 Å². The molecule has 0 aliphatic rings. The fourth-order valence-electron chi connectivity index (χ4n) is 2.03. The topological polar surface area (TPSA) is 92.2 Å². The fourth-order valence-corrected chi connectivity index (χ4v) is 2.21. The van der Waals surface area contributed by atoms with Crippen LogP contribution in [0.25, 0.3) is 0 Å². The maximum atomic E-state index is 12.3. The van der Waals surface area contributed by atoms with Gasteiger partial charge in [-0.1, -0.05) is 39.3 Å². The van der Waals surface area contributed by atoms with Crippen molar-refractivity contribution in [3.8, 4) is 0 Å². The third-order valence-corrected chi connectivity index (χ3v) is 4.17.